The van der Waals surface area contributed by atoms with E-state index in [1.54, 1.807) is 26.8 Å². The maximum atomic E-state index is 12.2. The lowest BCUT2D eigenvalue weighted by Gasteiger charge is -2.20. The van der Waals surface area contributed by atoms with E-state index >= 15 is 0 Å². The number of phenolic OH excluding ortho intramolecular Hbond substituents is 1. The molecular weight excluding hydrogens is 356 g/mol. The predicted octanol–water partition coefficient (Wildman–Crippen LogP) is 3.55. The van der Waals surface area contributed by atoms with Gasteiger partial charge in [0.1, 0.15) is 29.3 Å². The molecule has 0 fully saturated rings. The van der Waals surface area contributed by atoms with Crippen LogP contribution in [0.15, 0.2) is 12.1 Å². The lowest BCUT2D eigenvalue weighted by Crippen LogP contribution is -2.26. The second kappa shape index (κ2) is 6.53. The highest BCUT2D eigenvalue weighted by Crippen LogP contribution is 2.47. The Bertz CT molecular complexity index is 939. The number of carbonyl (C=O) groups is 2. The highest BCUT2D eigenvalue weighted by molar-refractivity contribution is 6.08. The van der Waals surface area contributed by atoms with Crippen molar-refractivity contribution in [2.75, 3.05) is 14.2 Å². The van der Waals surface area contributed by atoms with Crippen molar-refractivity contribution in [1.29, 1.82) is 0 Å². The van der Waals surface area contributed by atoms with E-state index in [0.717, 1.165) is 0 Å². The van der Waals surface area contributed by atoms with Gasteiger partial charge in [0.05, 0.1) is 19.8 Å². The van der Waals surface area contributed by atoms with Gasteiger partial charge in [-0.25, -0.2) is 9.59 Å². The fourth-order valence-electron chi connectivity index (χ4n) is 2.85. The first-order chi connectivity index (χ1) is 12.7. The Morgan fingerprint density at radius 3 is 2.26 bits per heavy atom. The summed E-state index contributed by atoms with van der Waals surface area (Å²) in [5, 5.41) is 11.2. The first-order valence-electron chi connectivity index (χ1n) is 8.17. The van der Waals surface area contributed by atoms with Gasteiger partial charge in [0, 0.05) is 10.8 Å². The first kappa shape index (κ1) is 18.6. The molecule has 1 heterocycles. The summed E-state index contributed by atoms with van der Waals surface area (Å²) in [7, 11) is 2.90. The van der Waals surface area contributed by atoms with E-state index in [4.69, 9.17) is 23.7 Å². The summed E-state index contributed by atoms with van der Waals surface area (Å²) in [4.78, 5) is 24.3. The van der Waals surface area contributed by atoms with E-state index in [1.165, 1.54) is 20.3 Å². The van der Waals surface area contributed by atoms with Gasteiger partial charge in [-0.2, -0.15) is 0 Å². The zero-order valence-corrected chi connectivity index (χ0v) is 15.7. The van der Waals surface area contributed by atoms with Crippen molar-refractivity contribution in [2.45, 2.75) is 33.0 Å². The molecule has 0 saturated carbocycles. The topological polar surface area (TPSA) is 101 Å². The molecule has 0 bridgehead atoms. The van der Waals surface area contributed by atoms with Gasteiger partial charge < -0.3 is 28.8 Å². The van der Waals surface area contributed by atoms with Crippen LogP contribution in [-0.2, 0) is 16.1 Å². The molecule has 0 atom stereocenters. The molecule has 1 N–H and O–H groups in total. The highest BCUT2D eigenvalue weighted by atomic mass is 16.7. The molecule has 0 spiro atoms. The molecule has 3 rings (SSSR count). The van der Waals surface area contributed by atoms with E-state index in [0.29, 0.717) is 16.9 Å². The maximum absolute atomic E-state index is 12.2. The average Bonchev–Trinajstić information content (AvgIpc) is 2.97. The van der Waals surface area contributed by atoms with Crippen LogP contribution in [0.2, 0.25) is 0 Å². The largest absolute Gasteiger partial charge is 0.514 e. The van der Waals surface area contributed by atoms with Crippen LogP contribution in [0.1, 0.15) is 36.7 Å². The number of rotatable bonds is 3. The Balaban J connectivity index is 2.25. The fraction of sp³-hybridized carbons (Fsp3) is 0.368. The summed E-state index contributed by atoms with van der Waals surface area (Å²) in [6.07, 6.45) is -0.939. The molecule has 1 aliphatic rings. The molecule has 27 heavy (non-hydrogen) atoms. The Morgan fingerprint density at radius 2 is 1.70 bits per heavy atom. The van der Waals surface area contributed by atoms with Crippen molar-refractivity contribution < 1.29 is 38.4 Å². The molecule has 0 radical (unpaired) electrons. The lowest BCUT2D eigenvalue weighted by molar-refractivity contribution is 0.0206. The van der Waals surface area contributed by atoms with Crippen LogP contribution in [0.25, 0.3) is 10.8 Å². The van der Waals surface area contributed by atoms with Crippen molar-refractivity contribution in [1.82, 2.24) is 0 Å². The summed E-state index contributed by atoms with van der Waals surface area (Å²) in [5.74, 6) is -0.203. The Labute approximate surface area is 155 Å². The van der Waals surface area contributed by atoms with E-state index in [2.05, 4.69) is 0 Å². The van der Waals surface area contributed by atoms with E-state index in [-0.39, 0.29) is 34.6 Å². The predicted molar refractivity (Wildman–Crippen MR) is 94.7 cm³/mol. The zero-order valence-electron chi connectivity index (χ0n) is 15.7. The summed E-state index contributed by atoms with van der Waals surface area (Å²) < 4.78 is 26.2. The Morgan fingerprint density at radius 1 is 1.11 bits per heavy atom. The van der Waals surface area contributed by atoms with Crippen molar-refractivity contribution in [3.05, 3.63) is 23.3 Å². The van der Waals surface area contributed by atoms with Gasteiger partial charge in [0.15, 0.2) is 11.5 Å². The molecule has 1 aliphatic heterocycles. The van der Waals surface area contributed by atoms with Crippen LogP contribution < -0.4 is 14.2 Å². The molecule has 8 heteroatoms. The summed E-state index contributed by atoms with van der Waals surface area (Å²) in [6.45, 7) is 4.97. The van der Waals surface area contributed by atoms with Gasteiger partial charge in [-0.3, -0.25) is 0 Å². The minimum Gasteiger partial charge on any atom is -0.506 e. The molecule has 2 aromatic carbocycles. The third kappa shape index (κ3) is 3.30. The normalized spacial score (nSPS) is 13.1. The van der Waals surface area contributed by atoms with Crippen molar-refractivity contribution in [2.24, 2.45) is 0 Å². The molecule has 8 nitrogen and oxygen atoms in total. The Kier molecular flexibility index (Phi) is 4.51. The van der Waals surface area contributed by atoms with Gasteiger partial charge in [0.2, 0.25) is 0 Å². The first-order valence-corrected chi connectivity index (χ1v) is 8.17. The van der Waals surface area contributed by atoms with Crippen LogP contribution in [0, 0.1) is 0 Å². The van der Waals surface area contributed by atoms with Gasteiger partial charge >= 0.3 is 12.1 Å². The minimum absolute atomic E-state index is 0.0479. The number of esters is 1. The number of fused-ring (bicyclic) bond motifs is 2. The molecule has 0 amide bonds. The average molecular weight is 376 g/mol. The van der Waals surface area contributed by atoms with Crippen molar-refractivity contribution >= 4 is 22.9 Å². The standard InChI is InChI=1S/C19H20O8/c1-19(2,3)27-18(22)26-16-10-7-13(24-5)12(23-4)6-9(10)15(20)14-11(16)8-25-17(14)21/h6-7,20H,8H2,1-5H3. The van der Waals surface area contributed by atoms with E-state index < -0.39 is 17.7 Å². The number of carbonyl (C=O) groups excluding carboxylic acids is 2. The van der Waals surface area contributed by atoms with Crippen molar-refractivity contribution in [3.8, 4) is 23.0 Å². The third-order valence-corrected chi connectivity index (χ3v) is 3.96. The summed E-state index contributed by atoms with van der Waals surface area (Å²) in [5.41, 5.74) is -0.545. The second-order valence-electron chi connectivity index (χ2n) is 6.93. The van der Waals surface area contributed by atoms with Gasteiger partial charge in [-0.1, -0.05) is 0 Å². The number of methoxy groups -OCH3 is 2. The highest BCUT2D eigenvalue weighted by Gasteiger charge is 2.34. The molecule has 144 valence electrons. The molecule has 2 aromatic rings. The second-order valence-corrected chi connectivity index (χ2v) is 6.93. The number of aromatic hydroxyl groups is 1. The fourth-order valence-corrected chi connectivity index (χ4v) is 2.85. The van der Waals surface area contributed by atoms with Gasteiger partial charge in [0.25, 0.3) is 0 Å². The molecular formula is C19H20O8. The number of hydrogen-bond acceptors (Lipinski definition) is 8. The number of ether oxygens (including phenoxy) is 5. The van der Waals surface area contributed by atoms with E-state index in [1.807, 2.05) is 0 Å². The van der Waals surface area contributed by atoms with Gasteiger partial charge in [-0.15, -0.1) is 0 Å². The summed E-state index contributed by atoms with van der Waals surface area (Å²) >= 11 is 0. The molecule has 0 aliphatic carbocycles. The zero-order chi connectivity index (χ0) is 19.9. The lowest BCUT2D eigenvalue weighted by atomic mass is 9.98. The Hall–Kier alpha value is -3.16. The SMILES string of the molecule is COc1cc2c(O)c3c(c(OC(=O)OC(C)(C)C)c2cc1OC)COC3=O. The molecule has 0 unspecified atom stereocenters. The maximum Gasteiger partial charge on any atom is 0.514 e. The monoisotopic (exact) mass is 376 g/mol. The smallest absolute Gasteiger partial charge is 0.506 e. The number of benzene rings is 2. The van der Waals surface area contributed by atoms with Crippen LogP contribution in [-0.4, -0.2) is 37.1 Å². The summed E-state index contributed by atoms with van der Waals surface area (Å²) in [6, 6.07) is 3.05. The quantitative estimate of drug-likeness (QED) is 0.641. The number of cyclic esters (lactones) is 1. The third-order valence-electron chi connectivity index (χ3n) is 3.96. The van der Waals surface area contributed by atoms with Crippen LogP contribution in [0.3, 0.4) is 0 Å². The number of hydrogen-bond donors (Lipinski definition) is 1. The minimum atomic E-state index is -0.939. The van der Waals surface area contributed by atoms with E-state index in [9.17, 15) is 14.7 Å². The van der Waals surface area contributed by atoms with Crippen LogP contribution >= 0.6 is 0 Å². The van der Waals surface area contributed by atoms with Crippen LogP contribution in [0.4, 0.5) is 4.79 Å². The molecule has 0 saturated heterocycles. The van der Waals surface area contributed by atoms with Crippen LogP contribution in [0.5, 0.6) is 23.0 Å². The van der Waals surface area contributed by atoms with Crippen molar-refractivity contribution in [3.63, 3.8) is 0 Å². The molecule has 0 aromatic heterocycles. The van der Waals surface area contributed by atoms with Gasteiger partial charge in [-0.05, 0) is 32.9 Å². The number of phenols is 1.